The maximum atomic E-state index is 12.7. The number of hydrogen-bond acceptors (Lipinski definition) is 7. The molecule has 1 aliphatic carbocycles. The van der Waals surface area contributed by atoms with Gasteiger partial charge in [0.25, 0.3) is 0 Å². The summed E-state index contributed by atoms with van der Waals surface area (Å²) in [6.07, 6.45) is 5.41. The monoisotopic (exact) mass is 450 g/mol. The van der Waals surface area contributed by atoms with Crippen molar-refractivity contribution in [3.63, 3.8) is 0 Å². The first-order chi connectivity index (χ1) is 15.8. The molecular formula is C26H26O7. The van der Waals surface area contributed by atoms with Gasteiger partial charge in [-0.15, -0.1) is 0 Å². The summed E-state index contributed by atoms with van der Waals surface area (Å²) in [4.78, 5) is 37.2. The van der Waals surface area contributed by atoms with Crippen LogP contribution >= 0.6 is 0 Å². The minimum Gasteiger partial charge on any atom is -0.494 e. The molecule has 7 heteroatoms. The number of carbonyl (C=O) groups excluding carboxylic acids is 3. The van der Waals surface area contributed by atoms with Crippen LogP contribution in [-0.2, 0) is 28.6 Å². The van der Waals surface area contributed by atoms with Crippen molar-refractivity contribution in [3.05, 3.63) is 71.4 Å². The summed E-state index contributed by atoms with van der Waals surface area (Å²) in [5.74, 6) is -1.36. The Labute approximate surface area is 192 Å². The second-order valence-corrected chi connectivity index (χ2v) is 8.29. The van der Waals surface area contributed by atoms with Crippen LogP contribution in [-0.4, -0.2) is 42.8 Å². The molecule has 4 rings (SSSR count). The molecule has 7 nitrogen and oxygen atoms in total. The molecule has 2 aliphatic heterocycles. The van der Waals surface area contributed by atoms with E-state index in [0.717, 1.165) is 16.9 Å². The van der Waals surface area contributed by atoms with Gasteiger partial charge >= 0.3 is 17.9 Å². The first-order valence-electron chi connectivity index (χ1n) is 10.9. The number of fused-ring (bicyclic) bond motifs is 2. The predicted molar refractivity (Wildman–Crippen MR) is 120 cm³/mol. The highest BCUT2D eigenvalue weighted by Gasteiger charge is 2.46. The molecule has 2 heterocycles. The van der Waals surface area contributed by atoms with Gasteiger partial charge in [0.15, 0.2) is 0 Å². The van der Waals surface area contributed by atoms with E-state index in [0.29, 0.717) is 18.6 Å². The van der Waals surface area contributed by atoms with Gasteiger partial charge in [-0.05, 0) is 49.8 Å². The molecule has 0 amide bonds. The van der Waals surface area contributed by atoms with E-state index in [2.05, 4.69) is 6.58 Å². The summed E-state index contributed by atoms with van der Waals surface area (Å²) in [5.41, 5.74) is 2.37. The Hall–Kier alpha value is -3.61. The minimum absolute atomic E-state index is 0.188. The minimum atomic E-state index is -0.764. The third-order valence-electron chi connectivity index (χ3n) is 5.83. The Morgan fingerprint density at radius 3 is 2.61 bits per heavy atom. The molecule has 1 saturated heterocycles. The van der Waals surface area contributed by atoms with Crippen LogP contribution in [0.4, 0.5) is 0 Å². The lowest BCUT2D eigenvalue weighted by Gasteiger charge is -2.25. The lowest BCUT2D eigenvalue weighted by molar-refractivity contribution is -0.145. The van der Waals surface area contributed by atoms with E-state index >= 15 is 0 Å². The van der Waals surface area contributed by atoms with Crippen molar-refractivity contribution in [3.8, 4) is 5.75 Å². The fraction of sp³-hybridized carbons (Fsp3) is 0.346. The smallest absolute Gasteiger partial charge is 0.334 e. The van der Waals surface area contributed by atoms with Gasteiger partial charge in [0.1, 0.15) is 24.1 Å². The van der Waals surface area contributed by atoms with E-state index in [9.17, 15) is 14.4 Å². The van der Waals surface area contributed by atoms with Gasteiger partial charge in [0.05, 0.1) is 12.5 Å². The molecule has 0 saturated carbocycles. The van der Waals surface area contributed by atoms with Gasteiger partial charge in [0.2, 0.25) is 0 Å². The highest BCUT2D eigenvalue weighted by Crippen LogP contribution is 2.38. The van der Waals surface area contributed by atoms with Crippen molar-refractivity contribution < 1.29 is 33.3 Å². The van der Waals surface area contributed by atoms with Crippen LogP contribution in [0.15, 0.2) is 65.8 Å². The third kappa shape index (κ3) is 5.08. The zero-order chi connectivity index (χ0) is 23.5. The van der Waals surface area contributed by atoms with Crippen LogP contribution < -0.4 is 4.74 Å². The molecule has 3 aliphatic rings. The molecule has 1 aromatic rings. The topological polar surface area (TPSA) is 88.1 Å². The van der Waals surface area contributed by atoms with Crippen LogP contribution in [0.25, 0.3) is 6.08 Å². The Morgan fingerprint density at radius 1 is 1.12 bits per heavy atom. The Bertz CT molecular complexity index is 1060. The van der Waals surface area contributed by atoms with Crippen molar-refractivity contribution in [1.29, 1.82) is 0 Å². The number of ether oxygens (including phenoxy) is 4. The summed E-state index contributed by atoms with van der Waals surface area (Å²) in [6.45, 7) is 8.22. The third-order valence-corrected chi connectivity index (χ3v) is 5.83. The quantitative estimate of drug-likeness (QED) is 0.293. The van der Waals surface area contributed by atoms with Gasteiger partial charge in [-0.1, -0.05) is 24.3 Å². The standard InChI is InChI=1S/C26H26O7/c1-4-30-19-8-5-17(6-9-19)7-10-23(27)32-21-12-15(2)11-20-13-18(26(29)31-20)14-22-24(21)16(3)25(28)33-22/h5-10,12-13,20-22,24H,3-4,11,14H2,1-2H3/b10-7+,15-12+/t20-,21-,22?,24+/m1/s1. The maximum absolute atomic E-state index is 12.7. The second-order valence-electron chi connectivity index (χ2n) is 8.29. The van der Waals surface area contributed by atoms with Crippen molar-refractivity contribution in [1.82, 2.24) is 0 Å². The molecule has 0 N–H and O–H groups in total. The van der Waals surface area contributed by atoms with Gasteiger partial charge in [0, 0.05) is 30.1 Å². The number of hydrogen-bond donors (Lipinski definition) is 0. The van der Waals surface area contributed by atoms with E-state index in [1.807, 2.05) is 38.1 Å². The largest absolute Gasteiger partial charge is 0.494 e. The fourth-order valence-electron chi connectivity index (χ4n) is 4.29. The van der Waals surface area contributed by atoms with Gasteiger partial charge < -0.3 is 18.9 Å². The molecule has 33 heavy (non-hydrogen) atoms. The molecule has 1 aromatic carbocycles. The summed E-state index contributed by atoms with van der Waals surface area (Å²) >= 11 is 0. The van der Waals surface area contributed by atoms with Crippen molar-refractivity contribution in [2.75, 3.05) is 6.61 Å². The summed E-state index contributed by atoms with van der Waals surface area (Å²) in [6, 6.07) is 7.32. The SMILES string of the molecule is C=C1C(=O)OC2CC3=C[C@@H](C/C(C)=C/[C@@H](OC(=O)/C=C/c4ccc(OCC)cc4)[C@H]12)OC3=O. The van der Waals surface area contributed by atoms with Crippen LogP contribution in [0.5, 0.6) is 5.75 Å². The Morgan fingerprint density at radius 2 is 1.88 bits per heavy atom. The van der Waals surface area contributed by atoms with Crippen molar-refractivity contribution in [2.24, 2.45) is 5.92 Å². The number of rotatable bonds is 5. The van der Waals surface area contributed by atoms with Gasteiger partial charge in [-0.25, -0.2) is 14.4 Å². The molecule has 172 valence electrons. The molecule has 4 atom stereocenters. The van der Waals surface area contributed by atoms with E-state index in [1.54, 1.807) is 18.2 Å². The zero-order valence-electron chi connectivity index (χ0n) is 18.6. The van der Waals surface area contributed by atoms with E-state index < -0.39 is 36.0 Å². The summed E-state index contributed by atoms with van der Waals surface area (Å²) in [5, 5.41) is 0. The summed E-state index contributed by atoms with van der Waals surface area (Å²) < 4.78 is 22.1. The molecule has 1 fully saturated rings. The summed E-state index contributed by atoms with van der Waals surface area (Å²) in [7, 11) is 0. The zero-order valence-corrected chi connectivity index (χ0v) is 18.6. The maximum Gasteiger partial charge on any atom is 0.334 e. The van der Waals surface area contributed by atoms with Crippen LogP contribution in [0, 0.1) is 5.92 Å². The average Bonchev–Trinajstić information content (AvgIpc) is 3.24. The number of carbonyl (C=O) groups is 3. The Balaban J connectivity index is 1.54. The fourth-order valence-corrected chi connectivity index (χ4v) is 4.29. The molecular weight excluding hydrogens is 424 g/mol. The average molecular weight is 450 g/mol. The first kappa shape index (κ1) is 22.6. The molecule has 1 unspecified atom stereocenters. The highest BCUT2D eigenvalue weighted by atomic mass is 16.6. The van der Waals surface area contributed by atoms with Gasteiger partial charge in [-0.2, -0.15) is 0 Å². The normalized spacial score (nSPS) is 28.4. The van der Waals surface area contributed by atoms with Gasteiger partial charge in [-0.3, -0.25) is 0 Å². The second kappa shape index (κ2) is 9.48. The van der Waals surface area contributed by atoms with E-state index in [-0.39, 0.29) is 18.1 Å². The van der Waals surface area contributed by atoms with Crippen LogP contribution in [0.2, 0.25) is 0 Å². The highest BCUT2D eigenvalue weighted by molar-refractivity contribution is 5.93. The van der Waals surface area contributed by atoms with E-state index in [4.69, 9.17) is 18.9 Å². The molecule has 0 radical (unpaired) electrons. The molecule has 2 bridgehead atoms. The lowest BCUT2D eigenvalue weighted by Crippen LogP contribution is -2.32. The molecule has 0 spiro atoms. The Kier molecular flexibility index (Phi) is 6.49. The van der Waals surface area contributed by atoms with Crippen LogP contribution in [0.3, 0.4) is 0 Å². The van der Waals surface area contributed by atoms with Crippen LogP contribution in [0.1, 0.15) is 32.3 Å². The first-order valence-corrected chi connectivity index (χ1v) is 10.9. The van der Waals surface area contributed by atoms with Crippen molar-refractivity contribution in [2.45, 2.75) is 45.0 Å². The number of esters is 3. The lowest BCUT2D eigenvalue weighted by atomic mass is 9.85. The van der Waals surface area contributed by atoms with Crippen molar-refractivity contribution >= 4 is 24.0 Å². The number of benzene rings is 1. The molecule has 0 aromatic heterocycles. The predicted octanol–water partition coefficient (Wildman–Crippen LogP) is 3.70. The van der Waals surface area contributed by atoms with E-state index in [1.165, 1.54) is 6.08 Å².